The molecule has 1 aliphatic heterocycles. The number of likely N-dealkylation sites (tertiary alicyclic amines) is 1. The standard InChI is InChI=1S/C15H30N2/c1-11-5-4-6-14(7-11)15(8-16)17-9-12(2)13(3)10-17/h11-15H,4-10,16H2,1-3H3. The minimum atomic E-state index is 0.658. The Kier molecular flexibility index (Phi) is 4.48. The number of hydrogen-bond acceptors (Lipinski definition) is 2. The Labute approximate surface area is 107 Å². The molecule has 17 heavy (non-hydrogen) atoms. The Morgan fingerprint density at radius 2 is 1.76 bits per heavy atom. The summed E-state index contributed by atoms with van der Waals surface area (Å²) in [6.45, 7) is 10.6. The van der Waals surface area contributed by atoms with Crippen molar-refractivity contribution in [1.29, 1.82) is 0 Å². The molecule has 2 aliphatic rings. The van der Waals surface area contributed by atoms with Crippen molar-refractivity contribution >= 4 is 0 Å². The second-order valence-electron chi connectivity index (χ2n) is 6.74. The summed E-state index contributed by atoms with van der Waals surface area (Å²) in [5.41, 5.74) is 6.08. The number of nitrogens with two attached hydrogens (primary N) is 1. The van der Waals surface area contributed by atoms with Gasteiger partial charge < -0.3 is 5.73 Å². The molecule has 5 atom stereocenters. The summed E-state index contributed by atoms with van der Waals surface area (Å²) in [5, 5.41) is 0. The molecular formula is C15H30N2. The van der Waals surface area contributed by atoms with E-state index in [0.717, 1.165) is 30.2 Å². The first kappa shape index (κ1) is 13.4. The van der Waals surface area contributed by atoms with Crippen LogP contribution in [0, 0.1) is 23.7 Å². The van der Waals surface area contributed by atoms with Gasteiger partial charge in [0, 0.05) is 25.7 Å². The van der Waals surface area contributed by atoms with Gasteiger partial charge in [0.05, 0.1) is 0 Å². The van der Waals surface area contributed by atoms with Crippen molar-refractivity contribution in [3.05, 3.63) is 0 Å². The van der Waals surface area contributed by atoms with Crippen molar-refractivity contribution in [3.63, 3.8) is 0 Å². The second kappa shape index (κ2) is 5.71. The van der Waals surface area contributed by atoms with E-state index in [1.165, 1.54) is 38.8 Å². The first-order valence-corrected chi connectivity index (χ1v) is 7.56. The number of hydrogen-bond donors (Lipinski definition) is 1. The van der Waals surface area contributed by atoms with Crippen molar-refractivity contribution < 1.29 is 0 Å². The lowest BCUT2D eigenvalue weighted by molar-refractivity contribution is 0.125. The Morgan fingerprint density at radius 1 is 1.12 bits per heavy atom. The molecule has 1 saturated carbocycles. The highest BCUT2D eigenvalue weighted by molar-refractivity contribution is 4.89. The SMILES string of the molecule is CC1CCCC(C(CN)N2CC(C)C(C)C2)C1. The lowest BCUT2D eigenvalue weighted by Gasteiger charge is -2.38. The average Bonchev–Trinajstić information content (AvgIpc) is 2.60. The quantitative estimate of drug-likeness (QED) is 0.819. The zero-order chi connectivity index (χ0) is 12.4. The molecule has 2 N–H and O–H groups in total. The monoisotopic (exact) mass is 238 g/mol. The molecule has 0 aromatic rings. The van der Waals surface area contributed by atoms with Crippen LogP contribution in [0.2, 0.25) is 0 Å². The third-order valence-corrected chi connectivity index (χ3v) is 5.25. The third-order valence-electron chi connectivity index (χ3n) is 5.25. The van der Waals surface area contributed by atoms with Gasteiger partial charge >= 0.3 is 0 Å². The summed E-state index contributed by atoms with van der Waals surface area (Å²) >= 11 is 0. The fourth-order valence-electron chi connectivity index (χ4n) is 3.92. The molecule has 0 bridgehead atoms. The summed E-state index contributed by atoms with van der Waals surface area (Å²) in [7, 11) is 0. The van der Waals surface area contributed by atoms with E-state index >= 15 is 0 Å². The van der Waals surface area contributed by atoms with Gasteiger partial charge in [-0.1, -0.05) is 33.6 Å². The van der Waals surface area contributed by atoms with Crippen molar-refractivity contribution in [3.8, 4) is 0 Å². The molecule has 1 aliphatic carbocycles. The maximum atomic E-state index is 6.08. The van der Waals surface area contributed by atoms with E-state index in [-0.39, 0.29) is 0 Å². The van der Waals surface area contributed by atoms with Crippen LogP contribution in [0.4, 0.5) is 0 Å². The molecule has 0 amide bonds. The zero-order valence-corrected chi connectivity index (χ0v) is 11.9. The highest BCUT2D eigenvalue weighted by Crippen LogP contribution is 2.35. The lowest BCUT2D eigenvalue weighted by atomic mass is 9.78. The fraction of sp³-hybridized carbons (Fsp3) is 1.00. The molecule has 0 aromatic heterocycles. The van der Waals surface area contributed by atoms with Crippen LogP contribution in [-0.4, -0.2) is 30.6 Å². The molecule has 2 heteroatoms. The van der Waals surface area contributed by atoms with E-state index in [1.807, 2.05) is 0 Å². The molecule has 5 unspecified atom stereocenters. The van der Waals surface area contributed by atoms with Crippen LogP contribution in [0.15, 0.2) is 0 Å². The van der Waals surface area contributed by atoms with Crippen molar-refractivity contribution in [2.45, 2.75) is 52.5 Å². The van der Waals surface area contributed by atoms with Crippen molar-refractivity contribution in [1.82, 2.24) is 4.90 Å². The fourth-order valence-corrected chi connectivity index (χ4v) is 3.92. The highest BCUT2D eigenvalue weighted by Gasteiger charge is 2.35. The summed E-state index contributed by atoms with van der Waals surface area (Å²) in [5.74, 6) is 3.48. The summed E-state index contributed by atoms with van der Waals surface area (Å²) < 4.78 is 0. The van der Waals surface area contributed by atoms with Crippen molar-refractivity contribution in [2.75, 3.05) is 19.6 Å². The molecule has 0 aromatic carbocycles. The first-order valence-electron chi connectivity index (χ1n) is 7.56. The summed E-state index contributed by atoms with van der Waals surface area (Å²) in [4.78, 5) is 2.69. The van der Waals surface area contributed by atoms with Crippen LogP contribution in [0.5, 0.6) is 0 Å². The van der Waals surface area contributed by atoms with E-state index in [0.29, 0.717) is 6.04 Å². The minimum absolute atomic E-state index is 0.658. The van der Waals surface area contributed by atoms with Gasteiger partial charge in [0.2, 0.25) is 0 Å². The van der Waals surface area contributed by atoms with Gasteiger partial charge in [-0.3, -0.25) is 4.90 Å². The summed E-state index contributed by atoms with van der Waals surface area (Å²) in [6, 6.07) is 0.658. The van der Waals surface area contributed by atoms with Crippen molar-refractivity contribution in [2.24, 2.45) is 29.4 Å². The van der Waals surface area contributed by atoms with Gasteiger partial charge in [-0.2, -0.15) is 0 Å². The van der Waals surface area contributed by atoms with Crippen LogP contribution < -0.4 is 5.73 Å². The van der Waals surface area contributed by atoms with E-state index in [2.05, 4.69) is 25.7 Å². The van der Waals surface area contributed by atoms with Crippen LogP contribution in [0.1, 0.15) is 46.5 Å². The van der Waals surface area contributed by atoms with E-state index < -0.39 is 0 Å². The van der Waals surface area contributed by atoms with E-state index in [1.54, 1.807) is 0 Å². The molecule has 0 spiro atoms. The highest BCUT2D eigenvalue weighted by atomic mass is 15.2. The smallest absolute Gasteiger partial charge is 0.0246 e. The molecule has 2 nitrogen and oxygen atoms in total. The van der Waals surface area contributed by atoms with E-state index in [9.17, 15) is 0 Å². The van der Waals surface area contributed by atoms with E-state index in [4.69, 9.17) is 5.73 Å². The molecule has 2 rings (SSSR count). The van der Waals surface area contributed by atoms with Crippen LogP contribution in [0.25, 0.3) is 0 Å². The van der Waals surface area contributed by atoms with Gasteiger partial charge in [-0.25, -0.2) is 0 Å². The zero-order valence-electron chi connectivity index (χ0n) is 11.9. The Morgan fingerprint density at radius 3 is 2.29 bits per heavy atom. The summed E-state index contributed by atoms with van der Waals surface area (Å²) in [6.07, 6.45) is 5.66. The predicted octanol–water partition coefficient (Wildman–Crippen LogP) is 2.73. The maximum Gasteiger partial charge on any atom is 0.0246 e. The third kappa shape index (κ3) is 3.03. The molecule has 1 saturated heterocycles. The first-order chi connectivity index (χ1) is 8.11. The van der Waals surface area contributed by atoms with Gasteiger partial charge in [0.1, 0.15) is 0 Å². The molecule has 100 valence electrons. The van der Waals surface area contributed by atoms with Crippen LogP contribution in [-0.2, 0) is 0 Å². The number of nitrogens with zero attached hydrogens (tertiary/aromatic N) is 1. The van der Waals surface area contributed by atoms with Gasteiger partial charge in [-0.05, 0) is 36.5 Å². The van der Waals surface area contributed by atoms with Gasteiger partial charge in [0.25, 0.3) is 0 Å². The lowest BCUT2D eigenvalue weighted by Crippen LogP contribution is -2.45. The van der Waals surface area contributed by atoms with Crippen LogP contribution in [0.3, 0.4) is 0 Å². The average molecular weight is 238 g/mol. The predicted molar refractivity (Wildman–Crippen MR) is 73.9 cm³/mol. The maximum absolute atomic E-state index is 6.08. The Hall–Kier alpha value is -0.0800. The molecular weight excluding hydrogens is 208 g/mol. The number of rotatable bonds is 3. The normalized spacial score (nSPS) is 41.6. The van der Waals surface area contributed by atoms with Gasteiger partial charge in [-0.15, -0.1) is 0 Å². The molecule has 0 radical (unpaired) electrons. The Balaban J connectivity index is 1.96. The Bertz CT molecular complexity index is 226. The topological polar surface area (TPSA) is 29.3 Å². The van der Waals surface area contributed by atoms with Gasteiger partial charge in [0.15, 0.2) is 0 Å². The molecule has 2 fully saturated rings. The minimum Gasteiger partial charge on any atom is -0.329 e. The second-order valence-corrected chi connectivity index (χ2v) is 6.74. The van der Waals surface area contributed by atoms with Crippen LogP contribution >= 0.6 is 0 Å². The molecule has 1 heterocycles. The largest absolute Gasteiger partial charge is 0.329 e.